The van der Waals surface area contributed by atoms with Crippen LogP contribution in [0, 0.1) is 5.41 Å². The zero-order valence-corrected chi connectivity index (χ0v) is 21.9. The number of amides is 3. The average molecular weight is 489 g/mol. The van der Waals surface area contributed by atoms with Gasteiger partial charge in [0.05, 0.1) is 0 Å². The van der Waals surface area contributed by atoms with Crippen molar-refractivity contribution in [2.75, 3.05) is 19.6 Å². The van der Waals surface area contributed by atoms with E-state index in [2.05, 4.69) is 35.9 Å². The van der Waals surface area contributed by atoms with Crippen molar-refractivity contribution in [3.63, 3.8) is 0 Å². The molecule has 6 heteroatoms. The minimum Gasteiger partial charge on any atom is -0.305 e. The molecule has 0 bridgehead atoms. The first kappa shape index (κ1) is 24.9. The number of nitrogens with zero attached hydrogens (tertiary/aromatic N) is 4. The third-order valence-electron chi connectivity index (χ3n) is 8.70. The molecule has 2 aromatic rings. The fourth-order valence-corrected chi connectivity index (χ4v) is 6.66. The summed E-state index contributed by atoms with van der Waals surface area (Å²) in [6.45, 7) is 7.48. The summed E-state index contributed by atoms with van der Waals surface area (Å²) in [5.41, 5.74) is 1.88. The van der Waals surface area contributed by atoms with Crippen molar-refractivity contribution in [1.29, 1.82) is 0 Å². The van der Waals surface area contributed by atoms with E-state index in [1.165, 1.54) is 25.7 Å². The molecule has 6 nitrogen and oxygen atoms in total. The van der Waals surface area contributed by atoms with Gasteiger partial charge in [0.2, 0.25) is 0 Å². The number of aromatic nitrogens is 1. The van der Waals surface area contributed by atoms with Gasteiger partial charge < -0.3 is 9.80 Å². The van der Waals surface area contributed by atoms with Gasteiger partial charge in [-0.15, -0.1) is 0 Å². The molecule has 36 heavy (non-hydrogen) atoms. The fraction of sp³-hybridized carbons (Fsp3) is 0.567. The third-order valence-corrected chi connectivity index (χ3v) is 8.70. The second kappa shape index (κ2) is 10.3. The lowest BCUT2D eigenvalue weighted by Gasteiger charge is -2.47. The van der Waals surface area contributed by atoms with Gasteiger partial charge in [-0.05, 0) is 67.6 Å². The molecule has 1 saturated carbocycles. The van der Waals surface area contributed by atoms with Crippen LogP contribution in [0.3, 0.4) is 0 Å². The van der Waals surface area contributed by atoms with Gasteiger partial charge in [0, 0.05) is 44.6 Å². The van der Waals surface area contributed by atoms with E-state index < -0.39 is 5.54 Å². The van der Waals surface area contributed by atoms with E-state index in [0.29, 0.717) is 24.5 Å². The van der Waals surface area contributed by atoms with Crippen molar-refractivity contribution in [2.24, 2.45) is 5.41 Å². The summed E-state index contributed by atoms with van der Waals surface area (Å²) in [5.74, 6) is 0.0123. The lowest BCUT2D eigenvalue weighted by molar-refractivity contribution is -0.136. The van der Waals surface area contributed by atoms with Crippen molar-refractivity contribution >= 4 is 11.9 Å². The van der Waals surface area contributed by atoms with Crippen molar-refractivity contribution in [1.82, 2.24) is 19.7 Å². The normalized spacial score (nSPS) is 24.0. The molecule has 3 heterocycles. The number of urea groups is 1. The molecular weight excluding hydrogens is 448 g/mol. The van der Waals surface area contributed by atoms with Gasteiger partial charge in [-0.2, -0.15) is 0 Å². The first-order valence-electron chi connectivity index (χ1n) is 13.7. The number of hydrogen-bond donors (Lipinski definition) is 0. The van der Waals surface area contributed by atoms with Crippen LogP contribution < -0.4 is 0 Å². The molecule has 2 aliphatic heterocycles. The largest absolute Gasteiger partial charge is 0.327 e. The summed E-state index contributed by atoms with van der Waals surface area (Å²) in [5, 5.41) is 0. The summed E-state index contributed by atoms with van der Waals surface area (Å²) >= 11 is 0. The molecule has 2 saturated heterocycles. The zero-order chi connectivity index (χ0) is 25.2. The summed E-state index contributed by atoms with van der Waals surface area (Å²) in [7, 11) is 0. The molecule has 192 valence electrons. The number of imide groups is 1. The quantitative estimate of drug-likeness (QED) is 0.498. The molecule has 5 rings (SSSR count). The molecular formula is C30H40N4O2. The van der Waals surface area contributed by atoms with E-state index in [4.69, 9.17) is 0 Å². The van der Waals surface area contributed by atoms with Crippen LogP contribution in [0.4, 0.5) is 4.79 Å². The highest BCUT2D eigenvalue weighted by Gasteiger charge is 2.58. The van der Waals surface area contributed by atoms with Crippen LogP contribution in [0.15, 0.2) is 54.9 Å². The zero-order valence-electron chi connectivity index (χ0n) is 21.9. The number of benzene rings is 1. The van der Waals surface area contributed by atoms with Crippen molar-refractivity contribution in [3.05, 3.63) is 66.0 Å². The topological polar surface area (TPSA) is 56.8 Å². The van der Waals surface area contributed by atoms with Crippen LogP contribution in [0.1, 0.15) is 69.9 Å². The Kier molecular flexibility index (Phi) is 7.16. The first-order chi connectivity index (χ1) is 17.4. The number of carbonyl (C=O) groups excluding carboxylic acids is 2. The van der Waals surface area contributed by atoms with Crippen LogP contribution in [0.2, 0.25) is 0 Å². The second-order valence-corrected chi connectivity index (χ2v) is 11.8. The number of hydrogen-bond acceptors (Lipinski definition) is 4. The molecule has 1 aromatic carbocycles. The molecule has 1 spiro atoms. The molecule has 1 aromatic heterocycles. The number of aryl methyl sites for hydroxylation is 1. The maximum Gasteiger partial charge on any atom is 0.327 e. The Hall–Kier alpha value is -2.73. The lowest BCUT2D eigenvalue weighted by Crippen LogP contribution is -2.58. The van der Waals surface area contributed by atoms with Gasteiger partial charge in [0.15, 0.2) is 0 Å². The molecule has 0 N–H and O–H groups in total. The van der Waals surface area contributed by atoms with E-state index in [1.54, 1.807) is 11.1 Å². The maximum atomic E-state index is 14.0. The molecule has 1 atom stereocenters. The van der Waals surface area contributed by atoms with Crippen LogP contribution in [-0.2, 0) is 17.8 Å². The minimum atomic E-state index is -0.720. The Balaban J connectivity index is 1.32. The fourth-order valence-electron chi connectivity index (χ4n) is 6.66. The highest BCUT2D eigenvalue weighted by Crippen LogP contribution is 2.42. The van der Waals surface area contributed by atoms with E-state index in [0.717, 1.165) is 49.9 Å². The van der Waals surface area contributed by atoms with E-state index in [1.807, 2.05) is 41.4 Å². The molecule has 3 aliphatic rings. The predicted molar refractivity (Wildman–Crippen MR) is 141 cm³/mol. The molecule has 0 unspecified atom stereocenters. The predicted octanol–water partition coefficient (Wildman–Crippen LogP) is 5.28. The lowest BCUT2D eigenvalue weighted by atomic mass is 9.74. The molecule has 3 amide bonds. The Morgan fingerprint density at radius 2 is 1.72 bits per heavy atom. The monoisotopic (exact) mass is 488 g/mol. The number of rotatable bonds is 7. The summed E-state index contributed by atoms with van der Waals surface area (Å²) in [4.78, 5) is 37.9. The summed E-state index contributed by atoms with van der Waals surface area (Å²) < 4.78 is 0. The van der Waals surface area contributed by atoms with E-state index in [-0.39, 0.29) is 11.9 Å². The number of likely N-dealkylation sites (tertiary alicyclic amines) is 1. The number of carbonyl (C=O) groups is 2. The van der Waals surface area contributed by atoms with Crippen LogP contribution in [-0.4, -0.2) is 62.8 Å². The molecule has 0 radical (unpaired) electrons. The van der Waals surface area contributed by atoms with Gasteiger partial charge in [-0.1, -0.05) is 56.7 Å². The smallest absolute Gasteiger partial charge is 0.305 e. The highest BCUT2D eigenvalue weighted by molar-refractivity contribution is 6.07. The number of piperidine rings is 1. The second-order valence-electron chi connectivity index (χ2n) is 11.8. The Morgan fingerprint density at radius 1 is 0.972 bits per heavy atom. The van der Waals surface area contributed by atoms with Crippen LogP contribution in [0.5, 0.6) is 0 Å². The van der Waals surface area contributed by atoms with Gasteiger partial charge in [0.1, 0.15) is 5.54 Å². The third kappa shape index (κ3) is 5.06. The van der Waals surface area contributed by atoms with Crippen LogP contribution >= 0.6 is 0 Å². The summed E-state index contributed by atoms with van der Waals surface area (Å²) in [6.07, 6.45) is 11.7. The van der Waals surface area contributed by atoms with E-state index >= 15 is 0 Å². The van der Waals surface area contributed by atoms with Crippen molar-refractivity contribution in [2.45, 2.75) is 83.3 Å². The Labute approximate surface area is 215 Å². The van der Waals surface area contributed by atoms with Crippen LogP contribution in [0.25, 0.3) is 0 Å². The average Bonchev–Trinajstić information content (AvgIpc) is 3.06. The van der Waals surface area contributed by atoms with E-state index in [9.17, 15) is 9.59 Å². The molecule has 3 fully saturated rings. The maximum absolute atomic E-state index is 14.0. The Morgan fingerprint density at radius 3 is 2.42 bits per heavy atom. The number of pyridine rings is 1. The SMILES string of the molecule is CC1(C)CCC[C@@H](N2CCC3(CC2)C(=O)N(CCCc2cccnc2)C(=O)N3Cc2ccccc2)C1. The van der Waals surface area contributed by atoms with Crippen molar-refractivity contribution < 1.29 is 9.59 Å². The standard InChI is InChI=1S/C30H40N4O2/c1-29(2)14-6-13-26(21-29)32-19-15-30(16-20-32)27(35)33(18-8-12-24-11-7-17-31-22-24)28(36)34(30)23-25-9-4-3-5-10-25/h3-5,7,9-11,17,22,26H,6,8,12-16,18-21,23H2,1-2H3/t26-/m1/s1. The Bertz CT molecular complexity index is 1050. The minimum absolute atomic E-state index is 0.0123. The van der Waals surface area contributed by atoms with Gasteiger partial charge >= 0.3 is 6.03 Å². The summed E-state index contributed by atoms with van der Waals surface area (Å²) in [6, 6.07) is 14.5. The van der Waals surface area contributed by atoms with Gasteiger partial charge in [0.25, 0.3) is 5.91 Å². The first-order valence-corrected chi connectivity index (χ1v) is 13.7. The molecule has 1 aliphatic carbocycles. The van der Waals surface area contributed by atoms with Crippen molar-refractivity contribution in [3.8, 4) is 0 Å². The van der Waals surface area contributed by atoms with Gasteiger partial charge in [-0.3, -0.25) is 14.7 Å². The van der Waals surface area contributed by atoms with Gasteiger partial charge in [-0.25, -0.2) is 4.79 Å². The highest BCUT2D eigenvalue weighted by atomic mass is 16.2.